The highest BCUT2D eigenvalue weighted by atomic mass is 19.1. The molecule has 0 spiro atoms. The molecule has 1 saturated carbocycles. The Balaban J connectivity index is 1.43. The molecule has 0 atom stereocenters. The van der Waals surface area contributed by atoms with Gasteiger partial charge in [0.2, 0.25) is 5.91 Å². The summed E-state index contributed by atoms with van der Waals surface area (Å²) in [4.78, 5) is 14.6. The van der Waals surface area contributed by atoms with E-state index in [9.17, 15) is 9.18 Å². The molecule has 2 aliphatic rings. The van der Waals surface area contributed by atoms with E-state index >= 15 is 0 Å². The zero-order valence-electron chi connectivity index (χ0n) is 13.1. The summed E-state index contributed by atoms with van der Waals surface area (Å²) in [5, 5.41) is 3.22. The maximum absolute atomic E-state index is 12.9. The van der Waals surface area contributed by atoms with Crippen molar-refractivity contribution in [3.63, 3.8) is 0 Å². The van der Waals surface area contributed by atoms with Crippen LogP contribution in [0.15, 0.2) is 24.3 Å². The molecular weight excluding hydrogens is 279 g/mol. The topological polar surface area (TPSA) is 32.3 Å². The summed E-state index contributed by atoms with van der Waals surface area (Å²) >= 11 is 0. The second-order valence-electron chi connectivity index (χ2n) is 6.67. The van der Waals surface area contributed by atoms with Crippen molar-refractivity contribution in [1.82, 2.24) is 10.2 Å². The van der Waals surface area contributed by atoms with Crippen molar-refractivity contribution in [3.8, 4) is 0 Å². The van der Waals surface area contributed by atoms with Crippen molar-refractivity contribution >= 4 is 5.91 Å². The van der Waals surface area contributed by atoms with Gasteiger partial charge in [0.05, 0.1) is 0 Å². The van der Waals surface area contributed by atoms with E-state index in [1.807, 2.05) is 12.1 Å². The normalized spacial score (nSPS) is 21.1. The Bertz CT molecular complexity index is 488. The van der Waals surface area contributed by atoms with Crippen LogP contribution in [0.5, 0.6) is 0 Å². The van der Waals surface area contributed by atoms with Crippen LogP contribution in [0.25, 0.3) is 0 Å². The molecule has 1 aliphatic carbocycles. The maximum Gasteiger partial charge on any atom is 0.223 e. The van der Waals surface area contributed by atoms with Crippen molar-refractivity contribution in [2.45, 2.75) is 51.1 Å². The van der Waals surface area contributed by atoms with Crippen LogP contribution in [-0.4, -0.2) is 29.9 Å². The Morgan fingerprint density at radius 3 is 2.36 bits per heavy atom. The molecular formula is C18H25FN2O. The minimum atomic E-state index is -0.189. The van der Waals surface area contributed by atoms with Crippen LogP contribution in [0.3, 0.4) is 0 Å². The van der Waals surface area contributed by atoms with E-state index in [1.54, 1.807) is 0 Å². The Morgan fingerprint density at radius 2 is 1.73 bits per heavy atom. The lowest BCUT2D eigenvalue weighted by Crippen LogP contribution is -2.42. The number of nitrogens with zero attached hydrogens (tertiary/aromatic N) is 1. The summed E-state index contributed by atoms with van der Waals surface area (Å²) in [7, 11) is 0. The molecule has 1 N–H and O–H groups in total. The fourth-order valence-corrected chi connectivity index (χ4v) is 3.59. The number of nitrogens with one attached hydrogen (secondary N) is 1. The maximum atomic E-state index is 12.9. The number of carbonyl (C=O) groups excluding carboxylic acids is 1. The van der Waals surface area contributed by atoms with Gasteiger partial charge in [-0.25, -0.2) is 4.39 Å². The predicted octanol–water partition coefficient (Wildman–Crippen LogP) is 3.10. The molecule has 1 saturated heterocycles. The molecule has 120 valence electrons. The minimum Gasteiger partial charge on any atom is -0.353 e. The van der Waals surface area contributed by atoms with Crippen LogP contribution in [-0.2, 0) is 11.3 Å². The van der Waals surface area contributed by atoms with Gasteiger partial charge >= 0.3 is 0 Å². The largest absolute Gasteiger partial charge is 0.353 e. The Morgan fingerprint density at radius 1 is 1.09 bits per heavy atom. The van der Waals surface area contributed by atoms with Gasteiger partial charge in [-0.1, -0.05) is 25.0 Å². The van der Waals surface area contributed by atoms with Crippen LogP contribution in [0, 0.1) is 11.7 Å². The van der Waals surface area contributed by atoms with Gasteiger partial charge in [-0.3, -0.25) is 9.69 Å². The summed E-state index contributed by atoms with van der Waals surface area (Å²) < 4.78 is 12.9. The van der Waals surface area contributed by atoms with Gasteiger partial charge in [0.15, 0.2) is 0 Å². The average molecular weight is 304 g/mol. The number of likely N-dealkylation sites (tertiary alicyclic amines) is 1. The molecule has 1 aromatic rings. The molecule has 4 heteroatoms. The molecule has 22 heavy (non-hydrogen) atoms. The van der Waals surface area contributed by atoms with Crippen LogP contribution in [0.4, 0.5) is 4.39 Å². The van der Waals surface area contributed by atoms with Crippen molar-refractivity contribution in [2.75, 3.05) is 13.1 Å². The molecule has 1 amide bonds. The van der Waals surface area contributed by atoms with E-state index in [-0.39, 0.29) is 17.6 Å². The number of hydrogen-bond donors (Lipinski definition) is 1. The third kappa shape index (κ3) is 4.07. The van der Waals surface area contributed by atoms with Gasteiger partial charge in [-0.15, -0.1) is 0 Å². The molecule has 3 rings (SSSR count). The predicted molar refractivity (Wildman–Crippen MR) is 84.8 cm³/mol. The third-order valence-corrected chi connectivity index (χ3v) is 4.98. The van der Waals surface area contributed by atoms with E-state index in [0.717, 1.165) is 50.9 Å². The van der Waals surface area contributed by atoms with E-state index in [1.165, 1.54) is 25.0 Å². The van der Waals surface area contributed by atoms with Crippen LogP contribution < -0.4 is 5.32 Å². The Labute approximate surface area is 131 Å². The number of hydrogen-bond acceptors (Lipinski definition) is 2. The molecule has 3 nitrogen and oxygen atoms in total. The van der Waals surface area contributed by atoms with Crippen LogP contribution in [0.2, 0.25) is 0 Å². The molecule has 1 aliphatic heterocycles. The first kappa shape index (κ1) is 15.5. The number of amides is 1. The highest BCUT2D eigenvalue weighted by Gasteiger charge is 2.27. The Kier molecular flexibility index (Phi) is 5.08. The number of carbonyl (C=O) groups is 1. The fourth-order valence-electron chi connectivity index (χ4n) is 3.59. The molecule has 0 unspecified atom stereocenters. The summed E-state index contributed by atoms with van der Waals surface area (Å²) in [6.45, 7) is 2.73. The SMILES string of the molecule is O=C(NC1CCCC1)C1CCN(Cc2ccc(F)cc2)CC1. The van der Waals surface area contributed by atoms with Crippen molar-refractivity contribution < 1.29 is 9.18 Å². The summed E-state index contributed by atoms with van der Waals surface area (Å²) in [5.41, 5.74) is 1.13. The summed E-state index contributed by atoms with van der Waals surface area (Å²) in [5.74, 6) is 0.240. The van der Waals surface area contributed by atoms with E-state index < -0.39 is 0 Å². The highest BCUT2D eigenvalue weighted by Crippen LogP contribution is 2.22. The quantitative estimate of drug-likeness (QED) is 0.927. The van der Waals surface area contributed by atoms with E-state index in [2.05, 4.69) is 10.2 Å². The van der Waals surface area contributed by atoms with Crippen molar-refractivity contribution in [2.24, 2.45) is 5.92 Å². The first-order chi connectivity index (χ1) is 10.7. The standard InChI is InChI=1S/C18H25FN2O/c19-16-7-5-14(6-8-16)13-21-11-9-15(10-12-21)18(22)20-17-3-1-2-4-17/h5-8,15,17H,1-4,9-13H2,(H,20,22). The van der Waals surface area contributed by atoms with Gasteiger partial charge in [0, 0.05) is 18.5 Å². The molecule has 0 aromatic heterocycles. The lowest BCUT2D eigenvalue weighted by molar-refractivity contribution is -0.127. The van der Waals surface area contributed by atoms with Crippen LogP contribution >= 0.6 is 0 Å². The second kappa shape index (κ2) is 7.23. The number of benzene rings is 1. The molecule has 2 fully saturated rings. The Hall–Kier alpha value is -1.42. The molecule has 1 aromatic carbocycles. The lowest BCUT2D eigenvalue weighted by Gasteiger charge is -2.31. The number of rotatable bonds is 4. The van der Waals surface area contributed by atoms with Gasteiger partial charge in [-0.2, -0.15) is 0 Å². The van der Waals surface area contributed by atoms with Gasteiger partial charge in [0.25, 0.3) is 0 Å². The van der Waals surface area contributed by atoms with Crippen molar-refractivity contribution in [1.29, 1.82) is 0 Å². The highest BCUT2D eigenvalue weighted by molar-refractivity contribution is 5.79. The third-order valence-electron chi connectivity index (χ3n) is 4.98. The molecule has 1 heterocycles. The van der Waals surface area contributed by atoms with E-state index in [0.29, 0.717) is 6.04 Å². The summed E-state index contributed by atoms with van der Waals surface area (Å²) in [6.07, 6.45) is 6.66. The second-order valence-corrected chi connectivity index (χ2v) is 6.67. The van der Waals surface area contributed by atoms with Gasteiger partial charge in [-0.05, 0) is 56.5 Å². The van der Waals surface area contributed by atoms with E-state index in [4.69, 9.17) is 0 Å². The first-order valence-electron chi connectivity index (χ1n) is 8.48. The average Bonchev–Trinajstić information content (AvgIpc) is 3.03. The van der Waals surface area contributed by atoms with Gasteiger partial charge in [0.1, 0.15) is 5.82 Å². The number of piperidine rings is 1. The molecule has 0 radical (unpaired) electrons. The van der Waals surface area contributed by atoms with Crippen molar-refractivity contribution in [3.05, 3.63) is 35.6 Å². The zero-order chi connectivity index (χ0) is 15.4. The smallest absolute Gasteiger partial charge is 0.223 e. The molecule has 0 bridgehead atoms. The zero-order valence-corrected chi connectivity index (χ0v) is 13.1. The lowest BCUT2D eigenvalue weighted by atomic mass is 9.95. The first-order valence-corrected chi connectivity index (χ1v) is 8.48. The fraction of sp³-hybridized carbons (Fsp3) is 0.611. The van der Waals surface area contributed by atoms with Gasteiger partial charge < -0.3 is 5.32 Å². The van der Waals surface area contributed by atoms with Crippen LogP contribution in [0.1, 0.15) is 44.1 Å². The number of halogens is 1. The minimum absolute atomic E-state index is 0.171. The monoisotopic (exact) mass is 304 g/mol. The summed E-state index contributed by atoms with van der Waals surface area (Å²) in [6, 6.07) is 7.13.